The third kappa shape index (κ3) is 3.32. The number of nitrogens with one attached hydrogen (secondary N) is 1. The minimum Gasteiger partial charge on any atom is -0.368 e. The number of rotatable bonds is 6. The van der Waals surface area contributed by atoms with E-state index in [1.807, 2.05) is 6.07 Å². The summed E-state index contributed by atoms with van der Waals surface area (Å²) in [6, 6.07) is 7.13. The fourth-order valence-corrected chi connectivity index (χ4v) is 1.75. The highest BCUT2D eigenvalue weighted by Crippen LogP contribution is 2.23. The molecule has 0 aliphatic carbocycles. The SMILES string of the molecule is C=CCCN[C@](C)(C(N)=O)c1cccc(Cl)c1. The Labute approximate surface area is 107 Å². The maximum atomic E-state index is 11.6. The predicted molar refractivity (Wildman–Crippen MR) is 70.8 cm³/mol. The molecule has 0 aliphatic rings. The normalized spacial score (nSPS) is 14.0. The van der Waals surface area contributed by atoms with Crippen molar-refractivity contribution < 1.29 is 4.79 Å². The van der Waals surface area contributed by atoms with Gasteiger partial charge in [0.25, 0.3) is 0 Å². The molecule has 0 unspecified atom stereocenters. The van der Waals surface area contributed by atoms with E-state index in [1.165, 1.54) is 0 Å². The summed E-state index contributed by atoms with van der Waals surface area (Å²) in [7, 11) is 0. The highest BCUT2D eigenvalue weighted by Gasteiger charge is 2.32. The van der Waals surface area contributed by atoms with Crippen molar-refractivity contribution in [2.45, 2.75) is 18.9 Å². The molecule has 1 aromatic carbocycles. The Morgan fingerprint density at radius 1 is 1.65 bits per heavy atom. The summed E-state index contributed by atoms with van der Waals surface area (Å²) >= 11 is 5.92. The number of amides is 1. The third-order valence-corrected chi connectivity index (χ3v) is 2.96. The summed E-state index contributed by atoms with van der Waals surface area (Å²) in [4.78, 5) is 11.6. The van der Waals surface area contributed by atoms with E-state index in [9.17, 15) is 4.79 Å². The van der Waals surface area contributed by atoms with E-state index in [1.54, 1.807) is 31.2 Å². The quantitative estimate of drug-likeness (QED) is 0.603. The molecule has 0 saturated carbocycles. The van der Waals surface area contributed by atoms with Gasteiger partial charge >= 0.3 is 0 Å². The highest BCUT2D eigenvalue weighted by molar-refractivity contribution is 6.30. The molecule has 0 spiro atoms. The molecule has 0 aromatic heterocycles. The van der Waals surface area contributed by atoms with Crippen molar-refractivity contribution in [1.29, 1.82) is 0 Å². The summed E-state index contributed by atoms with van der Waals surface area (Å²) < 4.78 is 0. The average Bonchev–Trinajstić information content (AvgIpc) is 2.29. The smallest absolute Gasteiger partial charge is 0.242 e. The molecule has 4 heteroatoms. The molecule has 0 fully saturated rings. The zero-order valence-electron chi connectivity index (χ0n) is 9.87. The van der Waals surface area contributed by atoms with Gasteiger partial charge in [-0.3, -0.25) is 10.1 Å². The topological polar surface area (TPSA) is 55.1 Å². The monoisotopic (exact) mass is 252 g/mol. The van der Waals surface area contributed by atoms with E-state index >= 15 is 0 Å². The van der Waals surface area contributed by atoms with Crippen molar-refractivity contribution in [3.63, 3.8) is 0 Å². The molecular weight excluding hydrogens is 236 g/mol. The summed E-state index contributed by atoms with van der Waals surface area (Å²) in [6.07, 6.45) is 2.55. The van der Waals surface area contributed by atoms with Gasteiger partial charge < -0.3 is 5.73 Å². The average molecular weight is 253 g/mol. The minimum atomic E-state index is -0.909. The van der Waals surface area contributed by atoms with E-state index in [4.69, 9.17) is 17.3 Å². The number of hydrogen-bond acceptors (Lipinski definition) is 2. The van der Waals surface area contributed by atoms with Crippen LogP contribution in [-0.2, 0) is 10.3 Å². The van der Waals surface area contributed by atoms with E-state index in [-0.39, 0.29) is 0 Å². The summed E-state index contributed by atoms with van der Waals surface area (Å²) in [5.41, 5.74) is 5.32. The first kappa shape index (κ1) is 13.7. The lowest BCUT2D eigenvalue weighted by Crippen LogP contribution is -2.50. The predicted octanol–water partition coefficient (Wildman–Crippen LogP) is 2.21. The fraction of sp³-hybridized carbons (Fsp3) is 0.308. The van der Waals surface area contributed by atoms with E-state index in [0.29, 0.717) is 11.6 Å². The van der Waals surface area contributed by atoms with Crippen molar-refractivity contribution in [3.05, 3.63) is 47.5 Å². The molecule has 0 saturated heterocycles. The van der Waals surface area contributed by atoms with Crippen molar-refractivity contribution in [2.24, 2.45) is 5.73 Å². The number of carbonyl (C=O) groups is 1. The standard InChI is InChI=1S/C13H17ClN2O/c1-3-4-8-16-13(2,12(15)17)10-6-5-7-11(14)9-10/h3,5-7,9,16H,1,4,8H2,2H3,(H2,15,17)/t13-/m0/s1. The molecule has 1 atom stereocenters. The van der Waals surface area contributed by atoms with Gasteiger partial charge in [0, 0.05) is 5.02 Å². The maximum Gasteiger partial charge on any atom is 0.242 e. The van der Waals surface area contributed by atoms with Crippen LogP contribution in [0.15, 0.2) is 36.9 Å². The van der Waals surface area contributed by atoms with Crippen LogP contribution >= 0.6 is 11.6 Å². The first-order valence-electron chi connectivity index (χ1n) is 5.42. The second kappa shape index (κ2) is 5.84. The van der Waals surface area contributed by atoms with Gasteiger partial charge in [0.1, 0.15) is 5.54 Å². The van der Waals surface area contributed by atoms with E-state index < -0.39 is 11.4 Å². The zero-order chi connectivity index (χ0) is 12.9. The maximum absolute atomic E-state index is 11.6. The Bertz CT molecular complexity index is 420. The van der Waals surface area contributed by atoms with E-state index in [0.717, 1.165) is 12.0 Å². The van der Waals surface area contributed by atoms with E-state index in [2.05, 4.69) is 11.9 Å². The van der Waals surface area contributed by atoms with Gasteiger partial charge in [0.05, 0.1) is 0 Å². The lowest BCUT2D eigenvalue weighted by atomic mass is 9.91. The molecule has 3 N–H and O–H groups in total. The summed E-state index contributed by atoms with van der Waals surface area (Å²) in [5, 5.41) is 3.72. The Hall–Kier alpha value is -1.32. The van der Waals surface area contributed by atoms with Crippen LogP contribution in [0.5, 0.6) is 0 Å². The highest BCUT2D eigenvalue weighted by atomic mass is 35.5. The third-order valence-electron chi connectivity index (χ3n) is 2.72. The molecule has 3 nitrogen and oxygen atoms in total. The number of hydrogen-bond donors (Lipinski definition) is 2. The molecule has 0 aliphatic heterocycles. The molecule has 92 valence electrons. The second-order valence-electron chi connectivity index (χ2n) is 4.00. The lowest BCUT2D eigenvalue weighted by molar-refractivity contribution is -0.124. The molecule has 1 amide bonds. The summed E-state index contributed by atoms with van der Waals surface area (Å²) in [6.45, 7) is 6.02. The molecule has 0 heterocycles. The van der Waals surface area contributed by atoms with Gasteiger partial charge in [-0.15, -0.1) is 6.58 Å². The van der Waals surface area contributed by atoms with Crippen LogP contribution in [0.3, 0.4) is 0 Å². The minimum absolute atomic E-state index is 0.427. The number of halogens is 1. The molecular formula is C13H17ClN2O. The summed E-state index contributed by atoms with van der Waals surface area (Å²) in [5.74, 6) is -0.427. The number of primary amides is 1. The van der Waals surface area contributed by atoms with Crippen LogP contribution in [0.1, 0.15) is 18.9 Å². The first-order valence-corrected chi connectivity index (χ1v) is 5.80. The van der Waals surface area contributed by atoms with Crippen LogP contribution in [0, 0.1) is 0 Å². The van der Waals surface area contributed by atoms with Gasteiger partial charge in [0.2, 0.25) is 5.91 Å². The molecule has 0 bridgehead atoms. The second-order valence-corrected chi connectivity index (χ2v) is 4.44. The van der Waals surface area contributed by atoms with Gasteiger partial charge in [-0.05, 0) is 37.6 Å². The number of benzene rings is 1. The molecule has 1 aromatic rings. The van der Waals surface area contributed by atoms with Gasteiger partial charge in [-0.1, -0.05) is 29.8 Å². The van der Waals surface area contributed by atoms with Gasteiger partial charge in [0.15, 0.2) is 0 Å². The fourth-order valence-electron chi connectivity index (χ4n) is 1.56. The van der Waals surface area contributed by atoms with Crippen LogP contribution < -0.4 is 11.1 Å². The van der Waals surface area contributed by atoms with Crippen molar-refractivity contribution in [1.82, 2.24) is 5.32 Å². The number of nitrogens with two attached hydrogens (primary N) is 1. The number of carbonyl (C=O) groups excluding carboxylic acids is 1. The Kier molecular flexibility index (Phi) is 4.73. The van der Waals surface area contributed by atoms with Crippen LogP contribution in [-0.4, -0.2) is 12.5 Å². The van der Waals surface area contributed by atoms with Crippen molar-refractivity contribution in [2.75, 3.05) is 6.54 Å². The Morgan fingerprint density at radius 3 is 2.88 bits per heavy atom. The molecule has 1 rings (SSSR count). The zero-order valence-corrected chi connectivity index (χ0v) is 10.6. The molecule has 17 heavy (non-hydrogen) atoms. The van der Waals surface area contributed by atoms with Crippen LogP contribution in [0.25, 0.3) is 0 Å². The Morgan fingerprint density at radius 2 is 2.35 bits per heavy atom. The van der Waals surface area contributed by atoms with Crippen LogP contribution in [0.4, 0.5) is 0 Å². The van der Waals surface area contributed by atoms with Gasteiger partial charge in [-0.25, -0.2) is 0 Å². The molecule has 0 radical (unpaired) electrons. The van der Waals surface area contributed by atoms with Crippen molar-refractivity contribution >= 4 is 17.5 Å². The van der Waals surface area contributed by atoms with Crippen LogP contribution in [0.2, 0.25) is 5.02 Å². The Balaban J connectivity index is 2.98. The lowest BCUT2D eigenvalue weighted by Gasteiger charge is -2.28. The van der Waals surface area contributed by atoms with Crippen molar-refractivity contribution in [3.8, 4) is 0 Å². The van der Waals surface area contributed by atoms with Gasteiger partial charge in [-0.2, -0.15) is 0 Å². The largest absolute Gasteiger partial charge is 0.368 e. The first-order chi connectivity index (χ1) is 8.00.